The lowest BCUT2D eigenvalue weighted by Crippen LogP contribution is -2.22. The van der Waals surface area contributed by atoms with Gasteiger partial charge in [-0.1, -0.05) is 0 Å². The van der Waals surface area contributed by atoms with Crippen molar-refractivity contribution < 1.29 is 19.1 Å². The number of aldehydes is 2. The van der Waals surface area contributed by atoms with E-state index in [2.05, 4.69) is 0 Å². The molecule has 0 heterocycles. The minimum Gasteiger partial charge on any atom is -0.491 e. The number of carbonyl (C=O) groups excluding carboxylic acids is 2. The molecule has 0 aromatic heterocycles. The molecule has 4 heteroatoms. The highest BCUT2D eigenvalue weighted by atomic mass is 16.5. The summed E-state index contributed by atoms with van der Waals surface area (Å²) in [5.74, 6) is 1.45. The fourth-order valence-electron chi connectivity index (χ4n) is 2.28. The van der Waals surface area contributed by atoms with Crippen molar-refractivity contribution in [2.24, 2.45) is 0 Å². The second kappa shape index (κ2) is 8.13. The molecular weight excluding hydrogens is 292 g/mol. The van der Waals surface area contributed by atoms with Gasteiger partial charge < -0.3 is 9.47 Å². The number of hydrogen-bond acceptors (Lipinski definition) is 4. The van der Waals surface area contributed by atoms with Crippen LogP contribution in [0.5, 0.6) is 11.5 Å². The van der Waals surface area contributed by atoms with Gasteiger partial charge in [0.2, 0.25) is 0 Å². The molecule has 4 nitrogen and oxygen atoms in total. The largest absolute Gasteiger partial charge is 0.491 e. The van der Waals surface area contributed by atoms with Crippen molar-refractivity contribution in [1.29, 1.82) is 0 Å². The summed E-state index contributed by atoms with van der Waals surface area (Å²) < 4.78 is 11.6. The van der Waals surface area contributed by atoms with E-state index < -0.39 is 0 Å². The quantitative estimate of drug-likeness (QED) is 0.693. The normalized spacial score (nSPS) is 13.0. The van der Waals surface area contributed by atoms with Gasteiger partial charge in [-0.15, -0.1) is 0 Å². The summed E-state index contributed by atoms with van der Waals surface area (Å²) in [4.78, 5) is 21.2. The average molecular weight is 312 g/mol. The fraction of sp³-hybridized carbons (Fsp3) is 0.263. The SMILES string of the molecule is C[C@@H](C[C@H](C)Oc1ccc(C=O)cc1)Oc1ccc(C=O)cc1. The molecule has 0 saturated heterocycles. The molecule has 0 spiro atoms. The maximum Gasteiger partial charge on any atom is 0.150 e. The van der Waals surface area contributed by atoms with Crippen LogP contribution in [0.3, 0.4) is 0 Å². The van der Waals surface area contributed by atoms with Gasteiger partial charge in [0.15, 0.2) is 0 Å². The number of benzene rings is 2. The molecule has 2 atom stereocenters. The Hall–Kier alpha value is -2.62. The first kappa shape index (κ1) is 16.7. The summed E-state index contributed by atoms with van der Waals surface area (Å²) in [6, 6.07) is 14.0. The van der Waals surface area contributed by atoms with Crippen LogP contribution >= 0.6 is 0 Å². The Morgan fingerprint density at radius 3 is 1.39 bits per heavy atom. The van der Waals surface area contributed by atoms with Crippen LogP contribution in [-0.4, -0.2) is 24.8 Å². The molecule has 0 aliphatic heterocycles. The maximum atomic E-state index is 10.6. The standard InChI is InChI=1S/C19H20O4/c1-14(22-18-7-3-16(12-20)4-8-18)11-15(2)23-19-9-5-17(13-21)6-10-19/h3-10,12-15H,11H2,1-2H3/t14-,15-/m0/s1. The molecule has 0 radical (unpaired) electrons. The molecule has 0 unspecified atom stereocenters. The van der Waals surface area contributed by atoms with Gasteiger partial charge >= 0.3 is 0 Å². The van der Waals surface area contributed by atoms with Gasteiger partial charge in [0.05, 0.1) is 12.2 Å². The van der Waals surface area contributed by atoms with Gasteiger partial charge in [0.1, 0.15) is 24.1 Å². The first-order chi connectivity index (χ1) is 11.1. The third-order valence-electron chi connectivity index (χ3n) is 3.37. The number of ether oxygens (including phenoxy) is 2. The topological polar surface area (TPSA) is 52.6 Å². The molecule has 120 valence electrons. The Morgan fingerprint density at radius 2 is 1.09 bits per heavy atom. The van der Waals surface area contributed by atoms with E-state index in [1.165, 1.54) is 0 Å². The molecule has 0 saturated carbocycles. The van der Waals surface area contributed by atoms with Crippen LogP contribution in [0.2, 0.25) is 0 Å². The van der Waals surface area contributed by atoms with Crippen molar-refractivity contribution >= 4 is 12.6 Å². The summed E-state index contributed by atoms with van der Waals surface area (Å²) in [6.45, 7) is 3.95. The van der Waals surface area contributed by atoms with Crippen molar-refractivity contribution in [2.45, 2.75) is 32.5 Å². The van der Waals surface area contributed by atoms with E-state index in [0.29, 0.717) is 17.5 Å². The van der Waals surface area contributed by atoms with Gasteiger partial charge in [-0.3, -0.25) is 9.59 Å². The lowest BCUT2D eigenvalue weighted by atomic mass is 10.2. The Kier molecular flexibility index (Phi) is 5.92. The first-order valence-electron chi connectivity index (χ1n) is 7.54. The van der Waals surface area contributed by atoms with Crippen molar-refractivity contribution in [3.63, 3.8) is 0 Å². The Morgan fingerprint density at radius 1 is 0.739 bits per heavy atom. The predicted octanol–water partition coefficient (Wildman–Crippen LogP) is 3.94. The molecular formula is C19H20O4. The van der Waals surface area contributed by atoms with E-state index in [1.807, 2.05) is 13.8 Å². The van der Waals surface area contributed by atoms with E-state index in [9.17, 15) is 9.59 Å². The van der Waals surface area contributed by atoms with Crippen molar-refractivity contribution in [2.75, 3.05) is 0 Å². The number of rotatable bonds is 8. The van der Waals surface area contributed by atoms with Crippen molar-refractivity contribution in [1.82, 2.24) is 0 Å². The van der Waals surface area contributed by atoms with Gasteiger partial charge in [0, 0.05) is 17.5 Å². The molecule has 2 rings (SSSR count). The second-order valence-corrected chi connectivity index (χ2v) is 5.47. The zero-order valence-electron chi connectivity index (χ0n) is 13.3. The van der Waals surface area contributed by atoms with Crippen LogP contribution in [0.25, 0.3) is 0 Å². The van der Waals surface area contributed by atoms with Gasteiger partial charge in [-0.25, -0.2) is 0 Å². The van der Waals surface area contributed by atoms with Gasteiger partial charge in [-0.05, 0) is 62.4 Å². The monoisotopic (exact) mass is 312 g/mol. The second-order valence-electron chi connectivity index (χ2n) is 5.47. The lowest BCUT2D eigenvalue weighted by Gasteiger charge is -2.20. The summed E-state index contributed by atoms with van der Waals surface area (Å²) in [6.07, 6.45) is 2.27. The zero-order chi connectivity index (χ0) is 16.7. The van der Waals surface area contributed by atoms with E-state index in [1.54, 1.807) is 48.5 Å². The number of carbonyl (C=O) groups is 2. The third kappa shape index (κ3) is 5.25. The van der Waals surface area contributed by atoms with Crippen LogP contribution in [0.15, 0.2) is 48.5 Å². The summed E-state index contributed by atoms with van der Waals surface area (Å²) >= 11 is 0. The van der Waals surface area contributed by atoms with Gasteiger partial charge in [0.25, 0.3) is 0 Å². The van der Waals surface area contributed by atoms with Crippen LogP contribution in [0, 0.1) is 0 Å². The van der Waals surface area contributed by atoms with Crippen LogP contribution in [0.4, 0.5) is 0 Å². The molecule has 0 aliphatic carbocycles. The van der Waals surface area contributed by atoms with Crippen molar-refractivity contribution in [3.8, 4) is 11.5 Å². The highest BCUT2D eigenvalue weighted by Crippen LogP contribution is 2.18. The van der Waals surface area contributed by atoms with E-state index in [-0.39, 0.29) is 12.2 Å². The van der Waals surface area contributed by atoms with Gasteiger partial charge in [-0.2, -0.15) is 0 Å². The molecule has 0 bridgehead atoms. The molecule has 0 amide bonds. The molecule has 0 fully saturated rings. The van der Waals surface area contributed by atoms with Crippen LogP contribution < -0.4 is 9.47 Å². The molecule has 0 N–H and O–H groups in total. The zero-order valence-corrected chi connectivity index (χ0v) is 13.3. The summed E-state index contributed by atoms with van der Waals surface area (Å²) in [5.41, 5.74) is 1.25. The Balaban J connectivity index is 1.84. The molecule has 2 aromatic carbocycles. The molecule has 0 aliphatic rings. The Bertz CT molecular complexity index is 574. The van der Waals surface area contributed by atoms with E-state index in [0.717, 1.165) is 24.1 Å². The van der Waals surface area contributed by atoms with Crippen LogP contribution in [-0.2, 0) is 0 Å². The molecule has 2 aromatic rings. The van der Waals surface area contributed by atoms with E-state index in [4.69, 9.17) is 9.47 Å². The average Bonchev–Trinajstić information content (AvgIpc) is 2.56. The fourth-order valence-corrected chi connectivity index (χ4v) is 2.28. The summed E-state index contributed by atoms with van der Waals surface area (Å²) in [7, 11) is 0. The highest BCUT2D eigenvalue weighted by molar-refractivity contribution is 5.75. The third-order valence-corrected chi connectivity index (χ3v) is 3.37. The van der Waals surface area contributed by atoms with Crippen molar-refractivity contribution in [3.05, 3.63) is 59.7 Å². The van der Waals surface area contributed by atoms with E-state index >= 15 is 0 Å². The van der Waals surface area contributed by atoms with Crippen LogP contribution in [0.1, 0.15) is 41.0 Å². The minimum atomic E-state index is -0.0265. The minimum absolute atomic E-state index is 0.0265. The smallest absolute Gasteiger partial charge is 0.150 e. The Labute approximate surface area is 136 Å². The maximum absolute atomic E-state index is 10.6. The predicted molar refractivity (Wildman–Crippen MR) is 88.5 cm³/mol. The lowest BCUT2D eigenvalue weighted by molar-refractivity contribution is 0.111. The molecule has 23 heavy (non-hydrogen) atoms. The highest BCUT2D eigenvalue weighted by Gasteiger charge is 2.12. The first-order valence-corrected chi connectivity index (χ1v) is 7.54. The summed E-state index contributed by atoms with van der Waals surface area (Å²) in [5, 5.41) is 0. The number of hydrogen-bond donors (Lipinski definition) is 0.